The maximum atomic E-state index is 13.8. The molecule has 1 saturated heterocycles. The molecule has 0 N–H and O–H groups in total. The van der Waals surface area contributed by atoms with Crippen LogP contribution >= 0.6 is 22.9 Å². The molecule has 3 heterocycles. The van der Waals surface area contributed by atoms with Crippen molar-refractivity contribution < 1.29 is 19.1 Å². The molecule has 2 aliphatic rings. The zero-order valence-electron chi connectivity index (χ0n) is 20.9. The fourth-order valence-electron chi connectivity index (χ4n) is 5.07. The Morgan fingerprint density at radius 3 is 2.73 bits per heavy atom. The van der Waals surface area contributed by atoms with Gasteiger partial charge in [0, 0.05) is 35.2 Å². The predicted octanol–water partition coefficient (Wildman–Crippen LogP) is 5.54. The van der Waals surface area contributed by atoms with Crippen LogP contribution in [0.5, 0.6) is 5.75 Å². The lowest BCUT2D eigenvalue weighted by molar-refractivity contribution is -0.135. The average Bonchev–Trinajstić information content (AvgIpc) is 3.60. The van der Waals surface area contributed by atoms with Gasteiger partial charge in [0.1, 0.15) is 18.9 Å². The summed E-state index contributed by atoms with van der Waals surface area (Å²) in [7, 11) is 0. The molecule has 0 spiro atoms. The number of halogens is 1. The van der Waals surface area contributed by atoms with Crippen LogP contribution in [0.4, 0.5) is 0 Å². The van der Waals surface area contributed by atoms with Crippen LogP contribution < -0.4 is 4.74 Å². The van der Waals surface area contributed by atoms with Crippen LogP contribution in [0.3, 0.4) is 0 Å². The number of amides is 2. The molecule has 0 aliphatic carbocycles. The number of aryl methyl sites for hydroxylation is 1. The van der Waals surface area contributed by atoms with Gasteiger partial charge in [0.15, 0.2) is 0 Å². The van der Waals surface area contributed by atoms with E-state index in [-0.39, 0.29) is 30.5 Å². The third-order valence-corrected chi connectivity index (χ3v) is 8.32. The van der Waals surface area contributed by atoms with Crippen LogP contribution in [0.25, 0.3) is 0 Å². The van der Waals surface area contributed by atoms with E-state index in [1.807, 2.05) is 48.2 Å². The minimum atomic E-state index is -0.226. The first kappa shape index (κ1) is 25.8. The van der Waals surface area contributed by atoms with Crippen molar-refractivity contribution in [1.29, 1.82) is 0 Å². The monoisotopic (exact) mass is 538 g/mol. The highest BCUT2D eigenvalue weighted by Crippen LogP contribution is 2.34. The third kappa shape index (κ3) is 6.00. The van der Waals surface area contributed by atoms with Crippen molar-refractivity contribution in [3.05, 3.63) is 86.6 Å². The third-order valence-electron chi connectivity index (χ3n) is 7.07. The second-order valence-corrected chi connectivity index (χ2v) is 11.0. The number of thiophene rings is 1. The van der Waals surface area contributed by atoms with Gasteiger partial charge in [-0.05, 0) is 79.1 Å². The molecule has 194 valence electrons. The Hall–Kier alpha value is -2.87. The van der Waals surface area contributed by atoms with E-state index >= 15 is 0 Å². The van der Waals surface area contributed by atoms with Gasteiger partial charge in [-0.15, -0.1) is 11.3 Å². The van der Waals surface area contributed by atoms with Crippen LogP contribution in [-0.2, 0) is 16.0 Å². The fourth-order valence-corrected chi connectivity index (χ4v) is 6.13. The van der Waals surface area contributed by atoms with Crippen LogP contribution in [-0.4, -0.2) is 60.6 Å². The van der Waals surface area contributed by atoms with Crippen molar-refractivity contribution in [2.75, 3.05) is 32.8 Å². The molecule has 2 atom stereocenters. The summed E-state index contributed by atoms with van der Waals surface area (Å²) in [5, 5.41) is 2.71. The first-order valence-electron chi connectivity index (χ1n) is 12.7. The van der Waals surface area contributed by atoms with Gasteiger partial charge in [-0.1, -0.05) is 29.8 Å². The van der Waals surface area contributed by atoms with Gasteiger partial charge in [0.2, 0.25) is 5.91 Å². The van der Waals surface area contributed by atoms with Gasteiger partial charge in [0.05, 0.1) is 12.1 Å². The Labute approximate surface area is 226 Å². The summed E-state index contributed by atoms with van der Waals surface area (Å²) in [4.78, 5) is 32.3. The van der Waals surface area contributed by atoms with Crippen molar-refractivity contribution in [2.24, 2.45) is 0 Å². The molecular formula is C29H31ClN2O4S. The smallest absolute Gasteiger partial charge is 0.254 e. The lowest BCUT2D eigenvalue weighted by Crippen LogP contribution is -2.49. The van der Waals surface area contributed by atoms with Crippen molar-refractivity contribution >= 4 is 34.8 Å². The molecule has 6 nitrogen and oxygen atoms in total. The molecule has 3 aromatic rings. The van der Waals surface area contributed by atoms with Gasteiger partial charge in [0.25, 0.3) is 5.91 Å². The number of nitrogens with zero attached hydrogens (tertiary/aromatic N) is 2. The molecular weight excluding hydrogens is 508 g/mol. The van der Waals surface area contributed by atoms with E-state index in [1.54, 1.807) is 28.4 Å². The Balaban J connectivity index is 1.36. The highest BCUT2D eigenvalue weighted by atomic mass is 35.5. The predicted molar refractivity (Wildman–Crippen MR) is 145 cm³/mol. The number of carbonyl (C=O) groups excluding carboxylic acids is 2. The minimum Gasteiger partial charge on any atom is -0.491 e. The second kappa shape index (κ2) is 11.7. The number of ether oxygens (including phenoxy) is 2. The molecule has 8 heteroatoms. The second-order valence-electron chi connectivity index (χ2n) is 9.55. The van der Waals surface area contributed by atoms with Gasteiger partial charge in [-0.25, -0.2) is 0 Å². The van der Waals surface area contributed by atoms with E-state index in [1.165, 1.54) is 4.88 Å². The van der Waals surface area contributed by atoms with Crippen LogP contribution in [0.1, 0.15) is 45.2 Å². The summed E-state index contributed by atoms with van der Waals surface area (Å²) in [5.74, 6) is 0.486. The molecule has 1 aromatic heterocycles. The van der Waals surface area contributed by atoms with Crippen molar-refractivity contribution in [3.8, 4) is 5.75 Å². The van der Waals surface area contributed by atoms with Gasteiger partial charge in [-0.2, -0.15) is 0 Å². The zero-order chi connectivity index (χ0) is 25.8. The van der Waals surface area contributed by atoms with E-state index in [2.05, 4.69) is 11.4 Å². The Kier molecular flexibility index (Phi) is 8.13. The Morgan fingerprint density at radius 1 is 1.16 bits per heavy atom. The molecule has 5 rings (SSSR count). The summed E-state index contributed by atoms with van der Waals surface area (Å²) >= 11 is 7.73. The topological polar surface area (TPSA) is 59.1 Å². The van der Waals surface area contributed by atoms with Crippen molar-refractivity contribution in [1.82, 2.24) is 9.80 Å². The van der Waals surface area contributed by atoms with Crippen LogP contribution in [0.15, 0.2) is 60.0 Å². The molecule has 1 fully saturated rings. The van der Waals surface area contributed by atoms with Crippen molar-refractivity contribution in [3.63, 3.8) is 0 Å². The summed E-state index contributed by atoms with van der Waals surface area (Å²) in [6, 6.07) is 16.6. The average molecular weight is 539 g/mol. The molecule has 0 unspecified atom stereocenters. The number of fused-ring (bicyclic) bond motifs is 1. The maximum Gasteiger partial charge on any atom is 0.254 e. The van der Waals surface area contributed by atoms with Crippen LogP contribution in [0.2, 0.25) is 5.02 Å². The number of benzene rings is 2. The normalized spacial score (nSPS) is 18.9. The molecule has 0 radical (unpaired) electrons. The van der Waals surface area contributed by atoms with E-state index in [0.717, 1.165) is 30.4 Å². The van der Waals surface area contributed by atoms with Gasteiger partial charge in [-0.3, -0.25) is 9.59 Å². The van der Waals surface area contributed by atoms with E-state index in [4.69, 9.17) is 21.1 Å². The molecule has 2 aliphatic heterocycles. The first-order chi connectivity index (χ1) is 18.0. The van der Waals surface area contributed by atoms with E-state index in [9.17, 15) is 9.59 Å². The standard InChI is InChI=1S/C29H31ClN2O4S/c1-20-5-2-3-7-24(20)29(34)31(17-23-6-4-15-35-23)18-28(33)32-14-12-27-25(13-16-37-27)26(32)19-36-22-10-8-21(30)9-11-22/h2-3,5,7-11,13,16,23,26H,4,6,12,14-15,17-19H2,1H3/t23-,26+/m0/s1. The van der Waals surface area contributed by atoms with Crippen molar-refractivity contribution in [2.45, 2.75) is 38.3 Å². The number of carbonyl (C=O) groups is 2. The number of hydrogen-bond donors (Lipinski definition) is 0. The SMILES string of the molecule is Cc1ccccc1C(=O)N(CC(=O)N1CCc2sccc2[C@H]1COc1ccc(Cl)cc1)C[C@@H]1CCCO1. The Bertz CT molecular complexity index is 1240. The number of hydrogen-bond acceptors (Lipinski definition) is 5. The molecule has 0 saturated carbocycles. The summed E-state index contributed by atoms with van der Waals surface area (Å²) in [6.07, 6.45) is 2.62. The highest BCUT2D eigenvalue weighted by molar-refractivity contribution is 7.10. The Morgan fingerprint density at radius 2 is 1.97 bits per heavy atom. The minimum absolute atomic E-state index is 0.00391. The van der Waals surface area contributed by atoms with E-state index < -0.39 is 0 Å². The lowest BCUT2D eigenvalue weighted by Gasteiger charge is -2.37. The van der Waals surface area contributed by atoms with Gasteiger partial charge >= 0.3 is 0 Å². The molecule has 2 amide bonds. The summed E-state index contributed by atoms with van der Waals surface area (Å²) in [5.41, 5.74) is 2.64. The van der Waals surface area contributed by atoms with E-state index in [0.29, 0.717) is 42.6 Å². The largest absolute Gasteiger partial charge is 0.491 e. The quantitative estimate of drug-likeness (QED) is 0.378. The lowest BCUT2D eigenvalue weighted by atomic mass is 10.00. The highest BCUT2D eigenvalue weighted by Gasteiger charge is 2.34. The van der Waals surface area contributed by atoms with Gasteiger partial charge < -0.3 is 19.3 Å². The summed E-state index contributed by atoms with van der Waals surface area (Å²) < 4.78 is 11.9. The molecule has 0 bridgehead atoms. The number of rotatable bonds is 8. The fraction of sp³-hybridized carbons (Fsp3) is 0.379. The summed E-state index contributed by atoms with van der Waals surface area (Å²) in [6.45, 7) is 3.95. The molecule has 37 heavy (non-hydrogen) atoms. The zero-order valence-corrected chi connectivity index (χ0v) is 22.5. The molecule has 2 aromatic carbocycles. The van der Waals surface area contributed by atoms with Crippen LogP contribution in [0, 0.1) is 6.92 Å². The maximum absolute atomic E-state index is 13.8. The first-order valence-corrected chi connectivity index (χ1v) is 14.0.